The van der Waals surface area contributed by atoms with Crippen molar-refractivity contribution < 1.29 is 14.1 Å². The highest BCUT2D eigenvalue weighted by Crippen LogP contribution is 2.22. The molecule has 0 fully saturated rings. The highest BCUT2D eigenvalue weighted by molar-refractivity contribution is 5.95. The maximum atomic E-state index is 13.2. The Morgan fingerprint density at radius 1 is 1.19 bits per heavy atom. The van der Waals surface area contributed by atoms with E-state index in [9.17, 15) is 14.4 Å². The Morgan fingerprint density at radius 2 is 1.89 bits per heavy atom. The average Bonchev–Trinajstić information content (AvgIpc) is 3.31. The lowest BCUT2D eigenvalue weighted by atomic mass is 10.0. The van der Waals surface area contributed by atoms with Crippen molar-refractivity contribution >= 4 is 17.4 Å². The molecular formula is C25H34N6O5. The summed E-state index contributed by atoms with van der Waals surface area (Å²) in [5.41, 5.74) is 6.81. The van der Waals surface area contributed by atoms with Gasteiger partial charge in [-0.1, -0.05) is 57.1 Å². The molecule has 194 valence electrons. The summed E-state index contributed by atoms with van der Waals surface area (Å²) in [4.78, 5) is 46.1. The molecule has 3 rings (SSSR count). The second kappa shape index (κ2) is 11.8. The van der Waals surface area contributed by atoms with E-state index >= 15 is 0 Å². The molecule has 0 aliphatic heterocycles. The molecule has 0 saturated heterocycles. The summed E-state index contributed by atoms with van der Waals surface area (Å²) in [6.07, 6.45) is 0.155. The highest BCUT2D eigenvalue weighted by Gasteiger charge is 2.25. The van der Waals surface area contributed by atoms with Crippen LogP contribution in [0.15, 0.2) is 38.4 Å². The van der Waals surface area contributed by atoms with Crippen LogP contribution in [0.5, 0.6) is 0 Å². The van der Waals surface area contributed by atoms with Crippen LogP contribution in [0.1, 0.15) is 51.5 Å². The molecule has 3 N–H and O–H groups in total. The number of anilines is 2. The number of nitrogens with zero attached hydrogens (tertiary/aromatic N) is 4. The zero-order valence-corrected chi connectivity index (χ0v) is 21.4. The van der Waals surface area contributed by atoms with Gasteiger partial charge in [-0.05, 0) is 17.4 Å². The van der Waals surface area contributed by atoms with E-state index in [2.05, 4.69) is 29.0 Å². The van der Waals surface area contributed by atoms with Crippen LogP contribution in [-0.2, 0) is 22.5 Å². The molecule has 11 nitrogen and oxygen atoms in total. The lowest BCUT2D eigenvalue weighted by molar-refractivity contribution is -0.118. The maximum absolute atomic E-state index is 13.2. The largest absolute Gasteiger partial charge is 0.383 e. The average molecular weight is 499 g/mol. The number of hydrogen-bond acceptors (Lipinski definition) is 8. The van der Waals surface area contributed by atoms with Crippen molar-refractivity contribution in [1.29, 1.82) is 0 Å². The molecule has 0 spiro atoms. The van der Waals surface area contributed by atoms with Gasteiger partial charge in [-0.2, -0.15) is 4.98 Å². The Labute approximate surface area is 209 Å². The summed E-state index contributed by atoms with van der Waals surface area (Å²) < 4.78 is 11.7. The van der Waals surface area contributed by atoms with Crippen LogP contribution in [0.25, 0.3) is 11.4 Å². The van der Waals surface area contributed by atoms with E-state index in [0.29, 0.717) is 24.2 Å². The van der Waals surface area contributed by atoms with E-state index < -0.39 is 11.2 Å². The fourth-order valence-corrected chi connectivity index (χ4v) is 3.77. The first kappa shape index (κ1) is 26.9. The van der Waals surface area contributed by atoms with Crippen LogP contribution in [0.4, 0.5) is 11.5 Å². The number of nitrogen functional groups attached to an aromatic ring is 1. The van der Waals surface area contributed by atoms with Crippen molar-refractivity contribution in [2.45, 2.75) is 53.0 Å². The molecule has 0 aliphatic carbocycles. The number of aromatic nitrogens is 4. The molecule has 0 aliphatic rings. The molecule has 0 radical (unpaired) electrons. The summed E-state index contributed by atoms with van der Waals surface area (Å²) in [5.74, 6) is 0.792. The van der Waals surface area contributed by atoms with Crippen molar-refractivity contribution in [2.24, 2.45) is 5.92 Å². The van der Waals surface area contributed by atoms with Crippen molar-refractivity contribution in [3.8, 4) is 11.4 Å². The monoisotopic (exact) mass is 498 g/mol. The van der Waals surface area contributed by atoms with Gasteiger partial charge in [0.05, 0.1) is 6.61 Å². The third kappa shape index (κ3) is 6.28. The Balaban J connectivity index is 1.80. The van der Waals surface area contributed by atoms with Gasteiger partial charge in [-0.25, -0.2) is 4.79 Å². The van der Waals surface area contributed by atoms with Gasteiger partial charge < -0.3 is 19.9 Å². The third-order valence-electron chi connectivity index (χ3n) is 5.71. The maximum Gasteiger partial charge on any atom is 0.330 e. The van der Waals surface area contributed by atoms with Gasteiger partial charge in [0.2, 0.25) is 17.6 Å². The van der Waals surface area contributed by atoms with Crippen molar-refractivity contribution in [1.82, 2.24) is 19.7 Å². The minimum Gasteiger partial charge on any atom is -0.383 e. The fraction of sp³-hybridized carbons (Fsp3) is 0.480. The molecular weight excluding hydrogens is 464 g/mol. The zero-order chi connectivity index (χ0) is 26.4. The number of hydrogen-bond donors (Lipinski definition) is 2. The lowest BCUT2D eigenvalue weighted by Gasteiger charge is -2.24. The molecule has 11 heteroatoms. The quantitative estimate of drug-likeness (QED) is 0.410. The normalized spacial score (nSPS) is 11.4. The Kier molecular flexibility index (Phi) is 8.81. The Morgan fingerprint density at radius 3 is 2.50 bits per heavy atom. The van der Waals surface area contributed by atoms with Crippen LogP contribution in [-0.4, -0.2) is 45.9 Å². The molecule has 2 aromatic heterocycles. The van der Waals surface area contributed by atoms with Gasteiger partial charge in [0.25, 0.3) is 5.56 Å². The number of nitrogens with two attached hydrogens (primary N) is 1. The van der Waals surface area contributed by atoms with E-state index in [1.54, 1.807) is 0 Å². The van der Waals surface area contributed by atoms with Crippen LogP contribution in [0.2, 0.25) is 0 Å². The van der Waals surface area contributed by atoms with Crippen LogP contribution >= 0.6 is 0 Å². The zero-order valence-electron chi connectivity index (χ0n) is 21.4. The number of nitrogens with one attached hydrogen (secondary N) is 1. The number of carbonyl (C=O) groups is 1. The van der Waals surface area contributed by atoms with Gasteiger partial charge in [-0.3, -0.25) is 19.1 Å². The summed E-state index contributed by atoms with van der Waals surface area (Å²) in [6, 6.07) is 7.91. The minimum absolute atomic E-state index is 0.0141. The topological polar surface area (TPSA) is 149 Å². The second-order valence-electron chi connectivity index (χ2n) is 9.32. The lowest BCUT2D eigenvalue weighted by Crippen LogP contribution is -2.43. The molecule has 0 saturated carbocycles. The van der Waals surface area contributed by atoms with Crippen LogP contribution in [0, 0.1) is 5.92 Å². The molecule has 36 heavy (non-hydrogen) atoms. The first-order chi connectivity index (χ1) is 17.1. The first-order valence-corrected chi connectivity index (χ1v) is 12.0. The number of benzene rings is 1. The van der Waals surface area contributed by atoms with E-state index in [1.165, 1.54) is 22.1 Å². The number of amides is 1. The standard InChI is InChI=1S/C25H34N6O5/c1-15(2)14-31-22(26)21(24(33)28-25(31)34)30(12-13-35-5)20(32)11-10-19-27-23(29-36-19)18-8-6-17(7-9-18)16(3)4/h6-9,15-16H,10-14,26H2,1-5H3,(H,28,33,34). The number of methoxy groups -OCH3 is 1. The van der Waals surface area contributed by atoms with Gasteiger partial charge in [-0.15, -0.1) is 0 Å². The predicted molar refractivity (Wildman–Crippen MR) is 137 cm³/mol. The van der Waals surface area contributed by atoms with Crippen LogP contribution < -0.4 is 21.9 Å². The van der Waals surface area contributed by atoms with E-state index in [0.717, 1.165) is 5.56 Å². The molecule has 3 aromatic rings. The number of aromatic amines is 1. The minimum atomic E-state index is -0.730. The van der Waals surface area contributed by atoms with Gasteiger partial charge in [0.15, 0.2) is 5.69 Å². The summed E-state index contributed by atoms with van der Waals surface area (Å²) in [7, 11) is 1.49. The molecule has 0 atom stereocenters. The smallest absolute Gasteiger partial charge is 0.330 e. The number of H-pyrrole nitrogens is 1. The van der Waals surface area contributed by atoms with E-state index in [1.807, 2.05) is 38.1 Å². The first-order valence-electron chi connectivity index (χ1n) is 12.0. The number of carbonyl (C=O) groups excluding carboxylic acids is 1. The Hall–Kier alpha value is -3.73. The summed E-state index contributed by atoms with van der Waals surface area (Å²) in [5, 5.41) is 4.02. The molecule has 2 heterocycles. The summed E-state index contributed by atoms with van der Waals surface area (Å²) in [6.45, 7) is 8.63. The second-order valence-corrected chi connectivity index (χ2v) is 9.32. The molecule has 0 bridgehead atoms. The van der Waals surface area contributed by atoms with E-state index in [4.69, 9.17) is 15.0 Å². The van der Waals surface area contributed by atoms with Crippen molar-refractivity contribution in [3.63, 3.8) is 0 Å². The van der Waals surface area contributed by atoms with Crippen LogP contribution in [0.3, 0.4) is 0 Å². The SMILES string of the molecule is COCCN(C(=O)CCc1nc(-c2ccc(C(C)C)cc2)no1)c1c(N)n(CC(C)C)c(=O)[nH]c1=O. The van der Waals surface area contributed by atoms with Gasteiger partial charge in [0, 0.05) is 38.6 Å². The predicted octanol–water partition coefficient (Wildman–Crippen LogP) is 2.56. The molecule has 0 unspecified atom stereocenters. The van der Waals surface area contributed by atoms with Crippen molar-refractivity contribution in [3.05, 3.63) is 56.6 Å². The summed E-state index contributed by atoms with van der Waals surface area (Å²) >= 11 is 0. The van der Waals surface area contributed by atoms with Gasteiger partial charge >= 0.3 is 5.69 Å². The van der Waals surface area contributed by atoms with E-state index in [-0.39, 0.29) is 49.3 Å². The van der Waals surface area contributed by atoms with Gasteiger partial charge in [0.1, 0.15) is 5.82 Å². The number of ether oxygens (including phenoxy) is 1. The fourth-order valence-electron chi connectivity index (χ4n) is 3.77. The Bertz CT molecular complexity index is 1290. The van der Waals surface area contributed by atoms with Crippen molar-refractivity contribution in [2.75, 3.05) is 30.9 Å². The molecule has 1 aromatic carbocycles. The third-order valence-corrected chi connectivity index (χ3v) is 5.71. The number of aryl methyl sites for hydroxylation is 1. The highest BCUT2D eigenvalue weighted by atomic mass is 16.5. The molecule has 1 amide bonds. The number of rotatable bonds is 11.